The van der Waals surface area contributed by atoms with E-state index in [4.69, 9.17) is 0 Å². The molecule has 0 spiro atoms. The third kappa shape index (κ3) is 2.22. The number of ketones is 1. The Morgan fingerprint density at radius 1 is 1.45 bits per heavy atom. The molecule has 4 nitrogen and oxygen atoms in total. The largest absolute Gasteiger partial charge is 0.360 e. The molecule has 5 heteroatoms. The molecule has 0 saturated heterocycles. The van der Waals surface area contributed by atoms with Crippen LogP contribution < -0.4 is 0 Å². The zero-order valence-corrected chi connectivity index (χ0v) is 11.1. The van der Waals surface area contributed by atoms with Crippen LogP contribution in [-0.2, 0) is 11.3 Å². The zero-order valence-electron chi connectivity index (χ0n) is 11.1. The molecule has 2 heterocycles. The van der Waals surface area contributed by atoms with Gasteiger partial charge in [-0.3, -0.25) is 9.48 Å². The lowest BCUT2D eigenvalue weighted by Crippen LogP contribution is -2.08. The minimum atomic E-state index is -0.268. The molecule has 102 valence electrons. The number of carbonyl (C=O) groups is 1. The standard InChI is InChI=1S/C15H14FN3O/c1-2-12(20)9-19-8-10(6-18-19)14-7-17-15-5-11(16)3-4-13(14)15/h3-8,17H,2,9H2,1H3. The molecule has 1 N–H and O–H groups in total. The van der Waals surface area contributed by atoms with Crippen molar-refractivity contribution in [1.82, 2.24) is 14.8 Å². The first-order valence-corrected chi connectivity index (χ1v) is 6.48. The summed E-state index contributed by atoms with van der Waals surface area (Å²) in [4.78, 5) is 14.5. The Hall–Kier alpha value is -2.43. The number of nitrogens with one attached hydrogen (secondary N) is 1. The maximum absolute atomic E-state index is 13.2. The molecule has 0 fully saturated rings. The summed E-state index contributed by atoms with van der Waals surface area (Å²) in [5, 5.41) is 5.13. The third-order valence-corrected chi connectivity index (χ3v) is 3.32. The summed E-state index contributed by atoms with van der Waals surface area (Å²) in [6.07, 6.45) is 5.88. The highest BCUT2D eigenvalue weighted by molar-refractivity contribution is 5.95. The number of rotatable bonds is 4. The summed E-state index contributed by atoms with van der Waals surface area (Å²) >= 11 is 0. The number of hydrogen-bond acceptors (Lipinski definition) is 2. The third-order valence-electron chi connectivity index (χ3n) is 3.32. The molecule has 1 aromatic carbocycles. The molecular weight excluding hydrogens is 257 g/mol. The van der Waals surface area contributed by atoms with Gasteiger partial charge in [-0.05, 0) is 18.2 Å². The Morgan fingerprint density at radius 3 is 3.10 bits per heavy atom. The van der Waals surface area contributed by atoms with Gasteiger partial charge in [0, 0.05) is 40.8 Å². The first-order chi connectivity index (χ1) is 9.67. The molecule has 0 aliphatic heterocycles. The number of benzene rings is 1. The average molecular weight is 271 g/mol. The van der Waals surface area contributed by atoms with Crippen LogP contribution in [0.15, 0.2) is 36.8 Å². The Kier molecular flexibility index (Phi) is 3.10. The highest BCUT2D eigenvalue weighted by Crippen LogP contribution is 2.28. The SMILES string of the molecule is CCC(=O)Cn1cc(-c2c[nH]c3cc(F)ccc23)cn1. The van der Waals surface area contributed by atoms with Gasteiger partial charge in [0.05, 0.1) is 12.7 Å². The van der Waals surface area contributed by atoms with Gasteiger partial charge in [0.25, 0.3) is 0 Å². The van der Waals surface area contributed by atoms with Crippen molar-refractivity contribution in [1.29, 1.82) is 0 Å². The molecule has 0 atom stereocenters. The van der Waals surface area contributed by atoms with E-state index in [-0.39, 0.29) is 18.1 Å². The summed E-state index contributed by atoms with van der Waals surface area (Å²) in [5.74, 6) is -0.129. The van der Waals surface area contributed by atoms with Crippen molar-refractivity contribution in [3.63, 3.8) is 0 Å². The molecule has 3 aromatic rings. The molecule has 0 radical (unpaired) electrons. The van der Waals surface area contributed by atoms with Crippen LogP contribution in [0.25, 0.3) is 22.0 Å². The topological polar surface area (TPSA) is 50.7 Å². The van der Waals surface area contributed by atoms with Gasteiger partial charge in [0.1, 0.15) is 5.82 Å². The van der Waals surface area contributed by atoms with Crippen LogP contribution in [0.2, 0.25) is 0 Å². The maximum Gasteiger partial charge on any atom is 0.154 e. The summed E-state index contributed by atoms with van der Waals surface area (Å²) in [6.45, 7) is 2.12. The second kappa shape index (κ2) is 4.92. The van der Waals surface area contributed by atoms with E-state index < -0.39 is 0 Å². The number of hydrogen-bond donors (Lipinski definition) is 1. The molecule has 0 aliphatic carbocycles. The number of H-pyrrole nitrogens is 1. The van der Waals surface area contributed by atoms with E-state index in [1.165, 1.54) is 12.1 Å². The average Bonchev–Trinajstić information content (AvgIpc) is 3.04. The van der Waals surface area contributed by atoms with Crippen molar-refractivity contribution >= 4 is 16.7 Å². The lowest BCUT2D eigenvalue weighted by Gasteiger charge is -1.97. The van der Waals surface area contributed by atoms with Crippen molar-refractivity contribution < 1.29 is 9.18 Å². The van der Waals surface area contributed by atoms with E-state index in [9.17, 15) is 9.18 Å². The van der Waals surface area contributed by atoms with Gasteiger partial charge in [-0.25, -0.2) is 4.39 Å². The van der Waals surface area contributed by atoms with Crippen molar-refractivity contribution in [2.45, 2.75) is 19.9 Å². The Labute approximate surface area is 115 Å². The molecule has 0 bridgehead atoms. The van der Waals surface area contributed by atoms with Crippen molar-refractivity contribution in [2.75, 3.05) is 0 Å². The summed E-state index contributed by atoms with van der Waals surface area (Å²) in [6, 6.07) is 4.64. The van der Waals surface area contributed by atoms with Gasteiger partial charge in [0.2, 0.25) is 0 Å². The molecule has 2 aromatic heterocycles. The van der Waals surface area contributed by atoms with Crippen LogP contribution in [0.1, 0.15) is 13.3 Å². The minimum absolute atomic E-state index is 0.139. The van der Waals surface area contributed by atoms with Crippen LogP contribution in [0.5, 0.6) is 0 Å². The molecule has 20 heavy (non-hydrogen) atoms. The van der Waals surface area contributed by atoms with Crippen LogP contribution in [-0.4, -0.2) is 20.5 Å². The fourth-order valence-corrected chi connectivity index (χ4v) is 2.22. The van der Waals surface area contributed by atoms with Crippen molar-refractivity contribution in [3.8, 4) is 11.1 Å². The van der Waals surface area contributed by atoms with E-state index in [0.717, 1.165) is 22.0 Å². The zero-order chi connectivity index (χ0) is 14.1. The van der Waals surface area contributed by atoms with Gasteiger partial charge in [-0.2, -0.15) is 5.10 Å². The molecule has 0 unspecified atom stereocenters. The first kappa shape index (κ1) is 12.6. The highest BCUT2D eigenvalue weighted by Gasteiger charge is 2.10. The van der Waals surface area contributed by atoms with Crippen molar-refractivity contribution in [3.05, 3.63) is 42.6 Å². The Morgan fingerprint density at radius 2 is 2.30 bits per heavy atom. The predicted molar refractivity (Wildman–Crippen MR) is 74.8 cm³/mol. The fourth-order valence-electron chi connectivity index (χ4n) is 2.22. The van der Waals surface area contributed by atoms with Gasteiger partial charge in [-0.1, -0.05) is 6.92 Å². The lowest BCUT2D eigenvalue weighted by molar-refractivity contribution is -0.119. The van der Waals surface area contributed by atoms with E-state index in [0.29, 0.717) is 6.42 Å². The molecule has 3 rings (SSSR count). The van der Waals surface area contributed by atoms with E-state index >= 15 is 0 Å². The monoisotopic (exact) mass is 271 g/mol. The second-order valence-corrected chi connectivity index (χ2v) is 4.71. The smallest absolute Gasteiger partial charge is 0.154 e. The molecule has 0 aliphatic rings. The van der Waals surface area contributed by atoms with Gasteiger partial charge in [-0.15, -0.1) is 0 Å². The first-order valence-electron chi connectivity index (χ1n) is 6.48. The molecule has 0 saturated carbocycles. The fraction of sp³-hybridized carbons (Fsp3) is 0.200. The molecular formula is C15H14FN3O. The number of nitrogens with zero attached hydrogens (tertiary/aromatic N) is 2. The maximum atomic E-state index is 13.2. The quantitative estimate of drug-likeness (QED) is 0.792. The van der Waals surface area contributed by atoms with Crippen LogP contribution in [0.4, 0.5) is 4.39 Å². The molecule has 0 amide bonds. The van der Waals surface area contributed by atoms with Gasteiger partial charge in [0.15, 0.2) is 5.78 Å². The highest BCUT2D eigenvalue weighted by atomic mass is 19.1. The van der Waals surface area contributed by atoms with Crippen molar-refractivity contribution in [2.24, 2.45) is 0 Å². The normalized spacial score (nSPS) is 11.1. The second-order valence-electron chi connectivity index (χ2n) is 4.71. The van der Waals surface area contributed by atoms with Crippen LogP contribution in [0.3, 0.4) is 0 Å². The number of carbonyl (C=O) groups excluding carboxylic acids is 1. The van der Waals surface area contributed by atoms with E-state index in [1.54, 1.807) is 16.9 Å². The van der Waals surface area contributed by atoms with Gasteiger partial charge < -0.3 is 4.98 Å². The number of aromatic amines is 1. The number of Topliss-reactive ketones (excluding diaryl/α,β-unsaturated/α-hetero) is 1. The lowest BCUT2D eigenvalue weighted by atomic mass is 10.1. The van der Waals surface area contributed by atoms with Crippen LogP contribution in [0, 0.1) is 5.82 Å². The van der Waals surface area contributed by atoms with E-state index in [2.05, 4.69) is 10.1 Å². The van der Waals surface area contributed by atoms with E-state index in [1.807, 2.05) is 19.3 Å². The van der Waals surface area contributed by atoms with Crippen LogP contribution >= 0.6 is 0 Å². The van der Waals surface area contributed by atoms with Gasteiger partial charge >= 0.3 is 0 Å². The number of fused-ring (bicyclic) bond motifs is 1. The summed E-state index contributed by atoms with van der Waals surface area (Å²) < 4.78 is 14.8. The predicted octanol–water partition coefficient (Wildman–Crippen LogP) is 3.15. The summed E-state index contributed by atoms with van der Waals surface area (Å²) in [7, 11) is 0. The minimum Gasteiger partial charge on any atom is -0.360 e. The summed E-state index contributed by atoms with van der Waals surface area (Å²) in [5.41, 5.74) is 2.61. The Bertz CT molecular complexity index is 772. The Balaban J connectivity index is 1.97. The number of aromatic nitrogens is 3. The number of halogens is 1.